The monoisotopic (exact) mass is 444 g/mol. The first kappa shape index (κ1) is 21.6. The third kappa shape index (κ3) is 4.41. The Kier molecular flexibility index (Phi) is 6.20. The standard InChI is InChI=1S/C23H28N2O5S/c1-29-21-9-6-16(14-22(21)30-2)10-12-24-31(27,28)19-7-8-20-18(15-19)11-13-25(20)23(26)17-4-3-5-17/h6-9,14-15,17,24H,3-5,10-13H2,1-2H3. The number of methoxy groups -OCH3 is 2. The van der Waals surface area contributed by atoms with Crippen LogP contribution in [0.15, 0.2) is 41.3 Å². The number of fused-ring (bicyclic) bond motifs is 1. The highest BCUT2D eigenvalue weighted by atomic mass is 32.2. The normalized spacial score (nSPS) is 16.0. The van der Waals surface area contributed by atoms with Crippen LogP contribution in [0.4, 0.5) is 5.69 Å². The summed E-state index contributed by atoms with van der Waals surface area (Å²) in [6, 6.07) is 10.6. The number of carbonyl (C=O) groups is 1. The van der Waals surface area contributed by atoms with Gasteiger partial charge in [0.05, 0.1) is 19.1 Å². The molecule has 0 aromatic heterocycles. The van der Waals surface area contributed by atoms with Crippen LogP contribution in [-0.2, 0) is 27.7 Å². The number of ether oxygens (including phenoxy) is 2. The van der Waals surface area contributed by atoms with Gasteiger partial charge in [-0.15, -0.1) is 0 Å². The third-order valence-corrected chi connectivity index (χ3v) is 7.59. The fraction of sp³-hybridized carbons (Fsp3) is 0.435. The van der Waals surface area contributed by atoms with Crippen LogP contribution < -0.4 is 19.1 Å². The molecule has 2 aromatic rings. The lowest BCUT2D eigenvalue weighted by Gasteiger charge is -2.29. The molecule has 7 nitrogen and oxygen atoms in total. The van der Waals surface area contributed by atoms with Crippen molar-refractivity contribution in [1.29, 1.82) is 0 Å². The lowest BCUT2D eigenvalue weighted by Crippen LogP contribution is -2.37. The zero-order chi connectivity index (χ0) is 22.0. The molecule has 31 heavy (non-hydrogen) atoms. The summed E-state index contributed by atoms with van der Waals surface area (Å²) < 4.78 is 38.8. The second kappa shape index (κ2) is 8.88. The van der Waals surface area contributed by atoms with Crippen molar-refractivity contribution >= 4 is 21.6 Å². The van der Waals surface area contributed by atoms with Gasteiger partial charge in [-0.2, -0.15) is 0 Å². The average Bonchev–Trinajstić information content (AvgIpc) is 3.15. The average molecular weight is 445 g/mol. The number of nitrogens with zero attached hydrogens (tertiary/aromatic N) is 1. The number of carbonyl (C=O) groups excluding carboxylic acids is 1. The van der Waals surface area contributed by atoms with Crippen molar-refractivity contribution in [2.75, 3.05) is 32.2 Å². The van der Waals surface area contributed by atoms with Crippen molar-refractivity contribution in [3.05, 3.63) is 47.5 Å². The number of benzene rings is 2. The van der Waals surface area contributed by atoms with Gasteiger partial charge in [-0.3, -0.25) is 4.79 Å². The van der Waals surface area contributed by atoms with E-state index >= 15 is 0 Å². The molecule has 1 amide bonds. The summed E-state index contributed by atoms with van der Waals surface area (Å²) in [5, 5.41) is 0. The molecule has 0 radical (unpaired) electrons. The summed E-state index contributed by atoms with van der Waals surface area (Å²) >= 11 is 0. The predicted molar refractivity (Wildman–Crippen MR) is 118 cm³/mol. The molecule has 0 saturated heterocycles. The summed E-state index contributed by atoms with van der Waals surface area (Å²) in [6.45, 7) is 0.891. The minimum absolute atomic E-state index is 0.132. The number of nitrogens with one attached hydrogen (secondary N) is 1. The smallest absolute Gasteiger partial charge is 0.240 e. The van der Waals surface area contributed by atoms with Crippen LogP contribution in [0.1, 0.15) is 30.4 Å². The van der Waals surface area contributed by atoms with Crippen molar-refractivity contribution in [2.24, 2.45) is 5.92 Å². The zero-order valence-corrected chi connectivity index (χ0v) is 18.7. The number of hydrogen-bond donors (Lipinski definition) is 1. The van der Waals surface area contributed by atoms with Crippen LogP contribution in [0, 0.1) is 5.92 Å². The first-order valence-electron chi connectivity index (χ1n) is 10.6. The van der Waals surface area contributed by atoms with E-state index in [-0.39, 0.29) is 23.3 Å². The quantitative estimate of drug-likeness (QED) is 0.677. The lowest BCUT2D eigenvalue weighted by molar-refractivity contribution is -0.124. The molecule has 8 heteroatoms. The van der Waals surface area contributed by atoms with Crippen molar-refractivity contribution in [3.63, 3.8) is 0 Å². The molecule has 0 spiro atoms. The number of sulfonamides is 1. The summed E-state index contributed by atoms with van der Waals surface area (Å²) in [5.41, 5.74) is 2.70. The van der Waals surface area contributed by atoms with E-state index in [0.29, 0.717) is 30.9 Å². The summed E-state index contributed by atoms with van der Waals surface area (Å²) in [7, 11) is -0.495. The molecule has 4 rings (SSSR count). The summed E-state index contributed by atoms with van der Waals surface area (Å²) in [4.78, 5) is 14.7. The zero-order valence-electron chi connectivity index (χ0n) is 17.9. The van der Waals surface area contributed by atoms with Gasteiger partial charge in [0.1, 0.15) is 0 Å². The van der Waals surface area contributed by atoms with Crippen molar-refractivity contribution < 1.29 is 22.7 Å². The van der Waals surface area contributed by atoms with E-state index in [1.165, 1.54) is 0 Å². The molecule has 1 aliphatic heterocycles. The van der Waals surface area contributed by atoms with E-state index in [2.05, 4.69) is 4.72 Å². The van der Waals surface area contributed by atoms with Crippen LogP contribution >= 0.6 is 0 Å². The van der Waals surface area contributed by atoms with Crippen LogP contribution in [0.3, 0.4) is 0 Å². The topological polar surface area (TPSA) is 84.9 Å². The van der Waals surface area contributed by atoms with Crippen LogP contribution in [0.2, 0.25) is 0 Å². The molecule has 1 saturated carbocycles. The van der Waals surface area contributed by atoms with Crippen molar-refractivity contribution in [3.8, 4) is 11.5 Å². The second-order valence-electron chi connectivity index (χ2n) is 8.00. The maximum atomic E-state index is 12.8. The molecule has 2 aromatic carbocycles. The van der Waals surface area contributed by atoms with Gasteiger partial charge in [0, 0.05) is 24.7 Å². The Balaban J connectivity index is 1.41. The highest BCUT2D eigenvalue weighted by Gasteiger charge is 2.33. The van der Waals surface area contributed by atoms with Gasteiger partial charge >= 0.3 is 0 Å². The summed E-state index contributed by atoms with van der Waals surface area (Å²) in [5.74, 6) is 1.55. The molecule has 1 fully saturated rings. The molecule has 1 heterocycles. The number of anilines is 1. The Morgan fingerprint density at radius 3 is 2.55 bits per heavy atom. The maximum absolute atomic E-state index is 12.8. The minimum atomic E-state index is -3.64. The molecule has 0 bridgehead atoms. The Hall–Kier alpha value is -2.58. The lowest BCUT2D eigenvalue weighted by atomic mass is 9.84. The highest BCUT2D eigenvalue weighted by Crippen LogP contribution is 2.35. The van der Waals surface area contributed by atoms with E-state index in [0.717, 1.165) is 36.1 Å². The van der Waals surface area contributed by atoms with E-state index in [1.807, 2.05) is 17.0 Å². The van der Waals surface area contributed by atoms with Crippen LogP contribution in [-0.4, -0.2) is 41.6 Å². The van der Waals surface area contributed by atoms with Gasteiger partial charge in [0.25, 0.3) is 0 Å². The largest absolute Gasteiger partial charge is 0.493 e. The van der Waals surface area contributed by atoms with Gasteiger partial charge < -0.3 is 14.4 Å². The molecule has 1 aliphatic carbocycles. The Bertz CT molecular complexity index is 1080. The first-order chi connectivity index (χ1) is 14.9. The van der Waals surface area contributed by atoms with E-state index in [4.69, 9.17) is 9.47 Å². The molecule has 0 unspecified atom stereocenters. The predicted octanol–water partition coefficient (Wildman–Crippen LogP) is 2.91. The molecular formula is C23H28N2O5S. The van der Waals surface area contributed by atoms with Gasteiger partial charge in [-0.1, -0.05) is 12.5 Å². The number of rotatable bonds is 8. The number of hydrogen-bond acceptors (Lipinski definition) is 5. The molecule has 0 atom stereocenters. The Morgan fingerprint density at radius 1 is 1.10 bits per heavy atom. The molecular weight excluding hydrogens is 416 g/mol. The third-order valence-electron chi connectivity index (χ3n) is 6.13. The van der Waals surface area contributed by atoms with Gasteiger partial charge in [-0.25, -0.2) is 13.1 Å². The first-order valence-corrected chi connectivity index (χ1v) is 12.1. The molecule has 166 valence electrons. The van der Waals surface area contributed by atoms with Crippen LogP contribution in [0.25, 0.3) is 0 Å². The van der Waals surface area contributed by atoms with Crippen molar-refractivity contribution in [1.82, 2.24) is 4.72 Å². The highest BCUT2D eigenvalue weighted by molar-refractivity contribution is 7.89. The maximum Gasteiger partial charge on any atom is 0.240 e. The SMILES string of the molecule is COc1ccc(CCNS(=O)(=O)c2ccc3c(c2)CCN3C(=O)C2CCC2)cc1OC. The van der Waals surface area contributed by atoms with Gasteiger partial charge in [0.15, 0.2) is 11.5 Å². The Labute approximate surface area is 183 Å². The van der Waals surface area contributed by atoms with E-state index in [1.54, 1.807) is 38.5 Å². The number of amides is 1. The molecule has 2 aliphatic rings. The fourth-order valence-electron chi connectivity index (χ4n) is 4.10. The second-order valence-corrected chi connectivity index (χ2v) is 9.76. The molecule has 1 N–H and O–H groups in total. The fourth-order valence-corrected chi connectivity index (χ4v) is 5.18. The van der Waals surface area contributed by atoms with E-state index < -0.39 is 10.0 Å². The van der Waals surface area contributed by atoms with Gasteiger partial charge in [0.2, 0.25) is 15.9 Å². The Morgan fingerprint density at radius 2 is 1.87 bits per heavy atom. The van der Waals surface area contributed by atoms with Gasteiger partial charge in [-0.05, 0) is 67.1 Å². The van der Waals surface area contributed by atoms with Crippen molar-refractivity contribution in [2.45, 2.75) is 37.0 Å². The summed E-state index contributed by atoms with van der Waals surface area (Å²) in [6.07, 6.45) is 4.24. The van der Waals surface area contributed by atoms with Crippen LogP contribution in [0.5, 0.6) is 11.5 Å². The minimum Gasteiger partial charge on any atom is -0.493 e. The van der Waals surface area contributed by atoms with E-state index in [9.17, 15) is 13.2 Å².